The van der Waals surface area contributed by atoms with Gasteiger partial charge in [-0.1, -0.05) is 23.8 Å². The van der Waals surface area contributed by atoms with Gasteiger partial charge in [0.25, 0.3) is 5.56 Å². The molecule has 5 rings (SSSR count). The fourth-order valence-corrected chi connectivity index (χ4v) is 4.06. The van der Waals surface area contributed by atoms with Gasteiger partial charge in [-0.05, 0) is 30.9 Å². The summed E-state index contributed by atoms with van der Waals surface area (Å²) in [4.78, 5) is 33.2. The normalized spacial score (nSPS) is 15.9. The summed E-state index contributed by atoms with van der Waals surface area (Å²) < 4.78 is 9.65. The quantitative estimate of drug-likeness (QED) is 0.520. The molecule has 29 heavy (non-hydrogen) atoms. The van der Waals surface area contributed by atoms with Crippen LogP contribution in [0, 0.1) is 6.92 Å². The third-order valence-electron chi connectivity index (χ3n) is 5.55. The van der Waals surface area contributed by atoms with Gasteiger partial charge in [0.15, 0.2) is 11.2 Å². The van der Waals surface area contributed by atoms with E-state index in [0.717, 1.165) is 12.8 Å². The molecule has 1 aliphatic carbocycles. The van der Waals surface area contributed by atoms with Crippen LogP contribution in [0.1, 0.15) is 34.9 Å². The Labute approximate surface area is 165 Å². The van der Waals surface area contributed by atoms with Crippen LogP contribution >= 0.6 is 0 Å². The maximum atomic E-state index is 12.7. The van der Waals surface area contributed by atoms with Gasteiger partial charge >= 0.3 is 5.76 Å². The number of hydrogen-bond donors (Lipinski definition) is 0. The zero-order chi connectivity index (χ0) is 20.1. The summed E-state index contributed by atoms with van der Waals surface area (Å²) in [6, 6.07) is 6.47. The van der Waals surface area contributed by atoms with Crippen LogP contribution in [0.2, 0.25) is 0 Å². The maximum Gasteiger partial charge on any atom is 0.437 e. The molecule has 0 amide bonds. The number of rotatable bonds is 4. The molecule has 0 bridgehead atoms. The monoisotopic (exact) mass is 392 g/mol. The summed E-state index contributed by atoms with van der Waals surface area (Å²) >= 11 is 0. The number of hydrogen-bond acceptors (Lipinski definition) is 6. The summed E-state index contributed by atoms with van der Waals surface area (Å²) in [5.41, 5.74) is 4.35. The molecule has 1 atom stereocenters. The predicted molar refractivity (Wildman–Crippen MR) is 105 cm³/mol. The molecule has 1 aliphatic rings. The van der Waals surface area contributed by atoms with Crippen LogP contribution in [0.15, 0.2) is 44.9 Å². The molecular weight excluding hydrogens is 372 g/mol. The Morgan fingerprint density at radius 1 is 1.21 bits per heavy atom. The molecule has 0 saturated heterocycles. The SMILES string of the molecule is Cc1ccc2c(c1)[C@H](Cn1nc(Cn3cnc4ncn(C)c4c3=O)oc1=O)CC2. The van der Waals surface area contributed by atoms with Crippen molar-refractivity contribution in [3.05, 3.63) is 74.3 Å². The first kappa shape index (κ1) is 17.6. The van der Waals surface area contributed by atoms with E-state index in [-0.39, 0.29) is 23.9 Å². The van der Waals surface area contributed by atoms with Crippen molar-refractivity contribution in [2.24, 2.45) is 7.05 Å². The molecule has 1 aromatic carbocycles. The van der Waals surface area contributed by atoms with E-state index < -0.39 is 5.76 Å². The van der Waals surface area contributed by atoms with Crippen molar-refractivity contribution in [3.8, 4) is 0 Å². The third kappa shape index (κ3) is 2.98. The Hall–Kier alpha value is -3.49. The molecule has 0 saturated carbocycles. The molecule has 0 N–H and O–H groups in total. The molecule has 0 fully saturated rings. The average Bonchev–Trinajstić information content (AvgIpc) is 3.36. The van der Waals surface area contributed by atoms with Crippen LogP contribution < -0.4 is 11.3 Å². The highest BCUT2D eigenvalue weighted by molar-refractivity contribution is 5.68. The summed E-state index contributed by atoms with van der Waals surface area (Å²) in [6.07, 6.45) is 4.92. The van der Waals surface area contributed by atoms with Gasteiger partial charge in [-0.2, -0.15) is 4.68 Å². The largest absolute Gasteiger partial charge is 0.437 e. The second-order valence-corrected chi connectivity index (χ2v) is 7.59. The molecule has 3 aromatic heterocycles. The standard InChI is InChI=1S/C20H20N6O3/c1-12-3-4-13-5-6-14(15(13)7-12)8-26-20(28)29-16(23-26)9-25-11-22-18-17(19(25)27)24(2)10-21-18/h3-4,7,10-11,14H,5-6,8-9H2,1-2H3/t14-/m0/s1. The molecule has 3 heterocycles. The van der Waals surface area contributed by atoms with Crippen molar-refractivity contribution in [2.45, 2.75) is 38.8 Å². The minimum Gasteiger partial charge on any atom is -0.390 e. The second-order valence-electron chi connectivity index (χ2n) is 7.59. The van der Waals surface area contributed by atoms with Gasteiger partial charge in [0, 0.05) is 13.0 Å². The summed E-state index contributed by atoms with van der Waals surface area (Å²) in [5.74, 6) is -0.0951. The first-order valence-corrected chi connectivity index (χ1v) is 9.52. The molecule has 9 heteroatoms. The van der Waals surface area contributed by atoms with Crippen LogP contribution in [-0.4, -0.2) is 28.9 Å². The predicted octanol–water partition coefficient (Wildman–Crippen LogP) is 1.37. The lowest BCUT2D eigenvalue weighted by molar-refractivity contribution is 0.424. The zero-order valence-electron chi connectivity index (χ0n) is 16.2. The van der Waals surface area contributed by atoms with Gasteiger partial charge in [0.05, 0.1) is 12.9 Å². The van der Waals surface area contributed by atoms with Crippen LogP contribution in [0.25, 0.3) is 11.2 Å². The lowest BCUT2D eigenvalue weighted by atomic mass is 9.99. The van der Waals surface area contributed by atoms with Crippen molar-refractivity contribution >= 4 is 11.2 Å². The van der Waals surface area contributed by atoms with Gasteiger partial charge in [-0.15, -0.1) is 5.10 Å². The summed E-state index contributed by atoms with van der Waals surface area (Å²) in [6.45, 7) is 2.57. The van der Waals surface area contributed by atoms with E-state index in [2.05, 4.69) is 40.2 Å². The van der Waals surface area contributed by atoms with E-state index in [0.29, 0.717) is 17.7 Å². The van der Waals surface area contributed by atoms with Gasteiger partial charge in [0.1, 0.15) is 12.9 Å². The maximum absolute atomic E-state index is 12.7. The van der Waals surface area contributed by atoms with Crippen molar-refractivity contribution in [2.75, 3.05) is 0 Å². The van der Waals surface area contributed by atoms with E-state index in [1.54, 1.807) is 17.9 Å². The number of aryl methyl sites for hydroxylation is 3. The van der Waals surface area contributed by atoms with Gasteiger partial charge in [0.2, 0.25) is 5.89 Å². The van der Waals surface area contributed by atoms with Crippen molar-refractivity contribution in [1.82, 2.24) is 28.9 Å². The van der Waals surface area contributed by atoms with Gasteiger partial charge < -0.3 is 8.98 Å². The molecule has 0 aliphatic heterocycles. The summed E-state index contributed by atoms with van der Waals surface area (Å²) in [7, 11) is 1.73. The number of nitrogens with zero attached hydrogens (tertiary/aromatic N) is 6. The topological polar surface area (TPSA) is 101 Å². The van der Waals surface area contributed by atoms with E-state index in [9.17, 15) is 9.59 Å². The molecule has 0 unspecified atom stereocenters. The molecule has 148 valence electrons. The molecular formula is C20H20N6O3. The second kappa shape index (κ2) is 6.54. The number of fused-ring (bicyclic) bond motifs is 2. The summed E-state index contributed by atoms with van der Waals surface area (Å²) in [5, 5.41) is 4.32. The van der Waals surface area contributed by atoms with E-state index in [1.165, 1.54) is 32.3 Å². The van der Waals surface area contributed by atoms with E-state index in [1.807, 2.05) is 0 Å². The van der Waals surface area contributed by atoms with Gasteiger partial charge in [-0.25, -0.2) is 14.8 Å². The Balaban J connectivity index is 1.42. The Kier molecular flexibility index (Phi) is 3.97. The number of benzene rings is 1. The highest BCUT2D eigenvalue weighted by Crippen LogP contribution is 2.34. The molecule has 9 nitrogen and oxygen atoms in total. The van der Waals surface area contributed by atoms with Gasteiger partial charge in [-0.3, -0.25) is 9.36 Å². The number of imidazole rings is 1. The molecule has 0 radical (unpaired) electrons. The van der Waals surface area contributed by atoms with E-state index >= 15 is 0 Å². The average molecular weight is 392 g/mol. The highest BCUT2D eigenvalue weighted by atomic mass is 16.4. The Morgan fingerprint density at radius 3 is 2.90 bits per heavy atom. The Bertz CT molecular complexity index is 1340. The lowest BCUT2D eigenvalue weighted by Crippen LogP contribution is -2.23. The van der Waals surface area contributed by atoms with Crippen LogP contribution in [0.3, 0.4) is 0 Å². The lowest BCUT2D eigenvalue weighted by Gasteiger charge is -2.11. The molecule has 0 spiro atoms. The zero-order valence-corrected chi connectivity index (χ0v) is 16.2. The first-order valence-electron chi connectivity index (χ1n) is 9.52. The smallest absolute Gasteiger partial charge is 0.390 e. The molecule has 4 aromatic rings. The van der Waals surface area contributed by atoms with Crippen molar-refractivity contribution < 1.29 is 4.42 Å². The fraction of sp³-hybridized carbons (Fsp3) is 0.350. The number of aromatic nitrogens is 6. The highest BCUT2D eigenvalue weighted by Gasteiger charge is 2.24. The first-order chi connectivity index (χ1) is 14.0. The van der Waals surface area contributed by atoms with E-state index in [4.69, 9.17) is 4.42 Å². The van der Waals surface area contributed by atoms with Crippen LogP contribution in [-0.2, 0) is 26.6 Å². The van der Waals surface area contributed by atoms with Crippen LogP contribution in [0.5, 0.6) is 0 Å². The minimum absolute atomic E-state index is 0.0373. The fourth-order valence-electron chi connectivity index (χ4n) is 4.06. The Morgan fingerprint density at radius 2 is 2.03 bits per heavy atom. The van der Waals surface area contributed by atoms with Crippen molar-refractivity contribution in [3.63, 3.8) is 0 Å². The third-order valence-corrected chi connectivity index (χ3v) is 5.55. The van der Waals surface area contributed by atoms with Crippen LogP contribution in [0.4, 0.5) is 0 Å². The van der Waals surface area contributed by atoms with Crippen molar-refractivity contribution in [1.29, 1.82) is 0 Å². The minimum atomic E-state index is -0.510.